The Labute approximate surface area is 240 Å². The second-order valence-electron chi connectivity index (χ2n) is 11.3. The van der Waals surface area contributed by atoms with E-state index >= 15 is 0 Å². The molecule has 1 heterocycles. The highest BCUT2D eigenvalue weighted by Crippen LogP contribution is 2.48. The van der Waals surface area contributed by atoms with Crippen molar-refractivity contribution in [2.24, 2.45) is 0 Å². The quantitative estimate of drug-likeness (QED) is 0.349. The molecule has 0 spiro atoms. The third kappa shape index (κ3) is 5.72. The molecule has 204 valence electrons. The largest absolute Gasteiger partial charge is 0.391 e. The Kier molecular flexibility index (Phi) is 8.04. The monoisotopic (exact) mass is 564 g/mol. The minimum Gasteiger partial charge on any atom is -0.391 e. The van der Waals surface area contributed by atoms with Crippen LogP contribution in [0.2, 0.25) is 10.0 Å². The van der Waals surface area contributed by atoms with Gasteiger partial charge in [0.25, 0.3) is 5.91 Å². The summed E-state index contributed by atoms with van der Waals surface area (Å²) in [5.41, 5.74) is 2.35. The molecular formula is C32H34Cl2N2O3. The molecule has 3 aromatic carbocycles. The Morgan fingerprint density at radius 1 is 0.974 bits per heavy atom. The summed E-state index contributed by atoms with van der Waals surface area (Å²) in [7, 11) is 0. The molecule has 0 saturated heterocycles. The van der Waals surface area contributed by atoms with Crippen molar-refractivity contribution in [2.45, 2.75) is 75.6 Å². The third-order valence-corrected chi connectivity index (χ3v) is 8.50. The van der Waals surface area contributed by atoms with E-state index in [4.69, 9.17) is 23.2 Å². The number of carbonyl (C=O) groups is 2. The lowest BCUT2D eigenvalue weighted by molar-refractivity contribution is -0.126. The number of amides is 2. The van der Waals surface area contributed by atoms with Gasteiger partial charge in [-0.15, -0.1) is 0 Å². The van der Waals surface area contributed by atoms with Crippen LogP contribution in [0.5, 0.6) is 0 Å². The molecule has 1 fully saturated rings. The zero-order chi connectivity index (χ0) is 27.7. The van der Waals surface area contributed by atoms with Gasteiger partial charge in [-0.05, 0) is 68.0 Å². The van der Waals surface area contributed by atoms with Gasteiger partial charge < -0.3 is 15.3 Å². The van der Waals surface area contributed by atoms with E-state index in [-0.39, 0.29) is 11.8 Å². The van der Waals surface area contributed by atoms with Gasteiger partial charge in [0.1, 0.15) is 0 Å². The molecule has 4 atom stereocenters. The SMILES string of the molecule is CC(C)(Cc1ccccc1)NC(=O)[C@@H]1c2ccccc2C(=O)N([C@H]2CCCC[C@@H]2O)[C@H]1c1ccc(Cl)cc1Cl. The van der Waals surface area contributed by atoms with E-state index in [2.05, 4.69) is 5.32 Å². The van der Waals surface area contributed by atoms with Gasteiger partial charge in [-0.2, -0.15) is 0 Å². The van der Waals surface area contributed by atoms with Crippen LogP contribution in [0.25, 0.3) is 0 Å². The highest BCUT2D eigenvalue weighted by molar-refractivity contribution is 6.35. The van der Waals surface area contributed by atoms with Crippen molar-refractivity contribution >= 4 is 35.0 Å². The number of halogens is 2. The number of rotatable bonds is 6. The maximum absolute atomic E-state index is 14.4. The maximum atomic E-state index is 14.4. The average molecular weight is 566 g/mol. The first kappa shape index (κ1) is 27.7. The summed E-state index contributed by atoms with van der Waals surface area (Å²) in [5, 5.41) is 15.2. The Bertz CT molecular complexity index is 1360. The summed E-state index contributed by atoms with van der Waals surface area (Å²) in [5.74, 6) is -1.12. The Balaban J connectivity index is 1.62. The number of fused-ring (bicyclic) bond motifs is 1. The van der Waals surface area contributed by atoms with Gasteiger partial charge in [-0.3, -0.25) is 9.59 Å². The first-order chi connectivity index (χ1) is 18.7. The van der Waals surface area contributed by atoms with Crippen LogP contribution in [0.15, 0.2) is 72.8 Å². The molecule has 39 heavy (non-hydrogen) atoms. The van der Waals surface area contributed by atoms with Gasteiger partial charge in [0.05, 0.1) is 24.1 Å². The number of carbonyl (C=O) groups excluding carboxylic acids is 2. The molecule has 5 rings (SSSR count). The molecule has 1 saturated carbocycles. The van der Waals surface area contributed by atoms with Crippen LogP contribution in [-0.4, -0.2) is 39.5 Å². The summed E-state index contributed by atoms with van der Waals surface area (Å²) < 4.78 is 0. The van der Waals surface area contributed by atoms with Gasteiger partial charge in [-0.25, -0.2) is 0 Å². The zero-order valence-corrected chi connectivity index (χ0v) is 23.8. The highest BCUT2D eigenvalue weighted by Gasteiger charge is 2.49. The fourth-order valence-electron chi connectivity index (χ4n) is 6.25. The minimum atomic E-state index is -0.734. The van der Waals surface area contributed by atoms with E-state index in [0.717, 1.165) is 18.4 Å². The predicted molar refractivity (Wildman–Crippen MR) is 155 cm³/mol. The number of aliphatic hydroxyl groups excluding tert-OH is 1. The fraction of sp³-hybridized carbons (Fsp3) is 0.375. The van der Waals surface area contributed by atoms with Gasteiger partial charge in [-0.1, -0.05) is 90.6 Å². The number of nitrogens with one attached hydrogen (secondary N) is 1. The molecule has 0 aromatic heterocycles. The first-order valence-corrected chi connectivity index (χ1v) is 14.3. The Hall–Kier alpha value is -2.86. The van der Waals surface area contributed by atoms with Crippen LogP contribution < -0.4 is 5.32 Å². The molecule has 5 nitrogen and oxygen atoms in total. The summed E-state index contributed by atoms with van der Waals surface area (Å²) in [6, 6.07) is 21.4. The molecule has 1 aliphatic carbocycles. The van der Waals surface area contributed by atoms with E-state index in [1.807, 2.05) is 62.4 Å². The molecule has 3 aromatic rings. The zero-order valence-electron chi connectivity index (χ0n) is 22.2. The van der Waals surface area contributed by atoms with Crippen molar-refractivity contribution in [1.82, 2.24) is 10.2 Å². The predicted octanol–water partition coefficient (Wildman–Crippen LogP) is 6.72. The molecule has 2 N–H and O–H groups in total. The van der Waals surface area contributed by atoms with Gasteiger partial charge in [0, 0.05) is 21.1 Å². The van der Waals surface area contributed by atoms with Gasteiger partial charge >= 0.3 is 0 Å². The van der Waals surface area contributed by atoms with E-state index in [0.29, 0.717) is 46.0 Å². The van der Waals surface area contributed by atoms with E-state index in [9.17, 15) is 14.7 Å². The molecule has 1 aliphatic heterocycles. The summed E-state index contributed by atoms with van der Waals surface area (Å²) in [6.45, 7) is 4.01. The van der Waals surface area contributed by atoms with Crippen LogP contribution in [0.3, 0.4) is 0 Å². The van der Waals surface area contributed by atoms with Crippen molar-refractivity contribution < 1.29 is 14.7 Å². The van der Waals surface area contributed by atoms with Crippen molar-refractivity contribution in [3.05, 3.63) is 105 Å². The normalized spacial score (nSPS) is 23.3. The van der Waals surface area contributed by atoms with Crippen molar-refractivity contribution in [2.75, 3.05) is 0 Å². The molecule has 0 bridgehead atoms. The number of benzene rings is 3. The van der Waals surface area contributed by atoms with Crippen molar-refractivity contribution in [3.8, 4) is 0 Å². The summed E-state index contributed by atoms with van der Waals surface area (Å²) >= 11 is 13.0. The molecule has 2 aliphatic rings. The fourth-order valence-corrected chi connectivity index (χ4v) is 6.77. The second-order valence-corrected chi connectivity index (χ2v) is 12.2. The minimum absolute atomic E-state index is 0.192. The second kappa shape index (κ2) is 11.3. The van der Waals surface area contributed by atoms with E-state index in [1.54, 1.807) is 29.2 Å². The number of hydrogen-bond acceptors (Lipinski definition) is 3. The van der Waals surface area contributed by atoms with E-state index < -0.39 is 29.6 Å². The van der Waals surface area contributed by atoms with Crippen LogP contribution in [0.1, 0.15) is 78.5 Å². The smallest absolute Gasteiger partial charge is 0.255 e. The molecule has 7 heteroatoms. The van der Waals surface area contributed by atoms with Crippen LogP contribution in [-0.2, 0) is 11.2 Å². The lowest BCUT2D eigenvalue weighted by Crippen LogP contribution is -2.57. The topological polar surface area (TPSA) is 69.6 Å². The molecule has 0 unspecified atom stereocenters. The number of aliphatic hydroxyl groups is 1. The number of hydrogen-bond donors (Lipinski definition) is 2. The summed E-state index contributed by atoms with van der Waals surface area (Å²) in [4.78, 5) is 30.2. The highest BCUT2D eigenvalue weighted by atomic mass is 35.5. The molecule has 0 radical (unpaired) electrons. The van der Waals surface area contributed by atoms with Gasteiger partial charge in [0.15, 0.2) is 0 Å². The maximum Gasteiger partial charge on any atom is 0.255 e. The Morgan fingerprint density at radius 2 is 1.67 bits per heavy atom. The number of nitrogens with zero attached hydrogens (tertiary/aromatic N) is 1. The van der Waals surface area contributed by atoms with Crippen LogP contribution in [0.4, 0.5) is 0 Å². The average Bonchev–Trinajstić information content (AvgIpc) is 2.89. The Morgan fingerprint density at radius 3 is 2.38 bits per heavy atom. The van der Waals surface area contributed by atoms with Gasteiger partial charge in [0.2, 0.25) is 5.91 Å². The molecular weight excluding hydrogens is 531 g/mol. The third-order valence-electron chi connectivity index (χ3n) is 7.94. The van der Waals surface area contributed by atoms with Crippen molar-refractivity contribution in [3.63, 3.8) is 0 Å². The van der Waals surface area contributed by atoms with E-state index in [1.165, 1.54) is 0 Å². The van der Waals surface area contributed by atoms with Crippen molar-refractivity contribution in [1.29, 1.82) is 0 Å². The van der Waals surface area contributed by atoms with Crippen LogP contribution >= 0.6 is 23.2 Å². The lowest BCUT2D eigenvalue weighted by atomic mass is 9.76. The van der Waals surface area contributed by atoms with Crippen LogP contribution in [0, 0.1) is 0 Å². The summed E-state index contributed by atoms with van der Waals surface area (Å²) in [6.07, 6.45) is 3.03. The standard InChI is InChI=1S/C32H34Cl2N2O3/c1-32(2,19-20-10-4-3-5-11-20)35-30(38)28-22-12-6-7-13-23(22)31(39)36(26-14-8-9-15-27(26)37)29(28)24-17-16-21(33)18-25(24)34/h3-7,10-13,16-18,26-29,37H,8-9,14-15,19H2,1-2H3,(H,35,38)/t26-,27-,28+,29-/m0/s1. The lowest BCUT2D eigenvalue weighted by Gasteiger charge is -2.48. The molecule has 2 amide bonds. The first-order valence-electron chi connectivity index (χ1n) is 13.6.